The first-order valence-electron chi connectivity index (χ1n) is 6.99. The second-order valence-electron chi connectivity index (χ2n) is 5.02. The predicted molar refractivity (Wildman–Crippen MR) is 103 cm³/mol. The third kappa shape index (κ3) is 6.71. The molecule has 0 fully saturated rings. The highest BCUT2D eigenvalue weighted by molar-refractivity contribution is 7.89. The molecule has 24 heavy (non-hydrogen) atoms. The Labute approximate surface area is 152 Å². The van der Waals surface area contributed by atoms with Crippen molar-refractivity contribution < 1.29 is 8.42 Å². The van der Waals surface area contributed by atoms with Crippen molar-refractivity contribution in [3.8, 4) is 0 Å². The lowest BCUT2D eigenvalue weighted by atomic mass is 10.1. The van der Waals surface area contributed by atoms with Gasteiger partial charge in [0.1, 0.15) is 0 Å². The molecular weight excluding hydrogens is 365 g/mol. The van der Waals surface area contributed by atoms with Crippen LogP contribution in [0.2, 0.25) is 10.0 Å². The third-order valence-electron chi connectivity index (χ3n) is 2.90. The van der Waals surface area contributed by atoms with E-state index < -0.39 is 10.0 Å². The molecule has 0 unspecified atom stereocenters. The van der Waals surface area contributed by atoms with Crippen LogP contribution in [0.15, 0.2) is 65.1 Å². The fraction of sp³-hybridized carbons (Fsp3) is 0.0556. The van der Waals surface area contributed by atoms with Gasteiger partial charge in [0.25, 0.3) is 10.0 Å². The van der Waals surface area contributed by atoms with Gasteiger partial charge in [0.05, 0.1) is 12.0 Å². The Bertz CT molecular complexity index is 824. The van der Waals surface area contributed by atoms with E-state index in [-0.39, 0.29) is 0 Å². The van der Waals surface area contributed by atoms with Crippen LogP contribution in [0, 0.1) is 0 Å². The molecule has 0 aliphatic carbocycles. The van der Waals surface area contributed by atoms with Crippen LogP contribution in [0.3, 0.4) is 0 Å². The van der Waals surface area contributed by atoms with Gasteiger partial charge in [0.2, 0.25) is 0 Å². The van der Waals surface area contributed by atoms with E-state index in [0.29, 0.717) is 15.8 Å². The van der Waals surface area contributed by atoms with E-state index >= 15 is 0 Å². The summed E-state index contributed by atoms with van der Waals surface area (Å²) in [7, 11) is -3.50. The molecule has 0 aliphatic heterocycles. The summed E-state index contributed by atoms with van der Waals surface area (Å²) in [4.78, 5) is 0. The maximum atomic E-state index is 11.5. The SMILES string of the molecule is CS(=O)(=O)N=C(/C=C/c1ccc(Cl)cc1)/C=C/c1ccc(Cl)cc1. The highest BCUT2D eigenvalue weighted by Gasteiger charge is 1.99. The Morgan fingerprint density at radius 1 is 0.833 bits per heavy atom. The van der Waals surface area contributed by atoms with Crippen molar-refractivity contribution in [1.29, 1.82) is 0 Å². The fourth-order valence-electron chi connectivity index (χ4n) is 1.82. The minimum Gasteiger partial charge on any atom is -0.205 e. The van der Waals surface area contributed by atoms with Crippen molar-refractivity contribution in [3.63, 3.8) is 0 Å². The lowest BCUT2D eigenvalue weighted by molar-refractivity contribution is 0.604. The zero-order chi connectivity index (χ0) is 17.6. The summed E-state index contributed by atoms with van der Waals surface area (Å²) < 4.78 is 26.7. The Kier molecular flexibility index (Phi) is 6.37. The summed E-state index contributed by atoms with van der Waals surface area (Å²) in [6, 6.07) is 14.4. The van der Waals surface area contributed by atoms with E-state index in [9.17, 15) is 8.42 Å². The van der Waals surface area contributed by atoms with Gasteiger partial charge in [-0.15, -0.1) is 0 Å². The maximum absolute atomic E-state index is 11.5. The molecule has 124 valence electrons. The number of sulfonamides is 1. The summed E-state index contributed by atoms with van der Waals surface area (Å²) in [5, 5.41) is 1.28. The molecule has 0 atom stereocenters. The van der Waals surface area contributed by atoms with Gasteiger partial charge in [0, 0.05) is 10.0 Å². The molecule has 0 bridgehead atoms. The van der Waals surface area contributed by atoms with Crippen LogP contribution >= 0.6 is 23.2 Å². The molecule has 0 heterocycles. The van der Waals surface area contributed by atoms with Crippen LogP contribution < -0.4 is 0 Å². The van der Waals surface area contributed by atoms with Gasteiger partial charge in [-0.2, -0.15) is 4.40 Å². The van der Waals surface area contributed by atoms with Gasteiger partial charge in [0.15, 0.2) is 0 Å². The van der Waals surface area contributed by atoms with Crippen molar-refractivity contribution >= 4 is 51.1 Å². The fourth-order valence-corrected chi connectivity index (χ4v) is 2.58. The van der Waals surface area contributed by atoms with E-state index in [2.05, 4.69) is 4.40 Å². The van der Waals surface area contributed by atoms with Crippen LogP contribution in [0.5, 0.6) is 0 Å². The summed E-state index contributed by atoms with van der Waals surface area (Å²) in [6.07, 6.45) is 7.87. The molecule has 0 amide bonds. The Morgan fingerprint density at radius 3 is 1.54 bits per heavy atom. The monoisotopic (exact) mass is 379 g/mol. The van der Waals surface area contributed by atoms with Gasteiger partial charge in [-0.05, 0) is 47.5 Å². The van der Waals surface area contributed by atoms with Crippen LogP contribution in [-0.4, -0.2) is 20.4 Å². The Balaban J connectivity index is 2.26. The molecule has 2 rings (SSSR count). The molecule has 0 aliphatic rings. The Hall–Kier alpha value is -1.88. The van der Waals surface area contributed by atoms with Crippen molar-refractivity contribution in [3.05, 3.63) is 81.9 Å². The lowest BCUT2D eigenvalue weighted by Crippen LogP contribution is -1.97. The summed E-state index contributed by atoms with van der Waals surface area (Å²) in [5.41, 5.74) is 2.10. The molecule has 2 aromatic carbocycles. The van der Waals surface area contributed by atoms with Crippen LogP contribution in [0.25, 0.3) is 12.2 Å². The van der Waals surface area contributed by atoms with E-state index in [1.165, 1.54) is 0 Å². The normalized spacial score (nSPS) is 12.0. The Morgan fingerprint density at radius 2 is 1.21 bits per heavy atom. The van der Waals surface area contributed by atoms with Gasteiger partial charge in [-0.3, -0.25) is 0 Å². The van der Waals surface area contributed by atoms with Crippen LogP contribution in [0.4, 0.5) is 0 Å². The van der Waals surface area contributed by atoms with E-state index in [4.69, 9.17) is 23.2 Å². The van der Waals surface area contributed by atoms with Crippen LogP contribution in [-0.2, 0) is 10.0 Å². The number of hydrogen-bond acceptors (Lipinski definition) is 2. The number of nitrogens with zero attached hydrogens (tertiary/aromatic N) is 1. The second-order valence-corrected chi connectivity index (χ2v) is 7.54. The average molecular weight is 380 g/mol. The second kappa shape index (κ2) is 8.29. The molecule has 0 aromatic heterocycles. The standard InChI is InChI=1S/C18H15Cl2NO2S/c1-24(22,23)21-18(12-6-14-2-8-16(19)9-3-14)13-7-15-4-10-17(20)11-5-15/h2-13H,1H3/b12-6+,13-7+. The van der Waals surface area contributed by atoms with E-state index in [0.717, 1.165) is 17.4 Å². The van der Waals surface area contributed by atoms with Gasteiger partial charge in [-0.25, -0.2) is 8.42 Å². The van der Waals surface area contributed by atoms with Crippen molar-refractivity contribution in [1.82, 2.24) is 0 Å². The first-order chi connectivity index (χ1) is 11.3. The zero-order valence-corrected chi connectivity index (χ0v) is 15.2. The van der Waals surface area contributed by atoms with Gasteiger partial charge in [-0.1, -0.05) is 59.6 Å². The van der Waals surface area contributed by atoms with E-state index in [1.807, 2.05) is 24.3 Å². The predicted octanol–water partition coefficient (Wildman–Crippen LogP) is 5.12. The largest absolute Gasteiger partial charge is 0.250 e. The minimum atomic E-state index is -3.50. The van der Waals surface area contributed by atoms with Crippen molar-refractivity contribution in [2.45, 2.75) is 0 Å². The minimum absolute atomic E-state index is 0.322. The molecule has 6 heteroatoms. The molecule has 0 radical (unpaired) electrons. The number of allylic oxidation sites excluding steroid dienone is 2. The lowest BCUT2D eigenvalue weighted by Gasteiger charge is -1.97. The molecule has 0 spiro atoms. The summed E-state index contributed by atoms with van der Waals surface area (Å²) in [6.45, 7) is 0. The quantitative estimate of drug-likeness (QED) is 0.676. The maximum Gasteiger partial charge on any atom is 0.250 e. The molecule has 0 saturated heterocycles. The van der Waals surface area contributed by atoms with Crippen molar-refractivity contribution in [2.24, 2.45) is 4.40 Å². The molecule has 0 N–H and O–H groups in total. The van der Waals surface area contributed by atoms with Crippen molar-refractivity contribution in [2.75, 3.05) is 6.26 Å². The molecule has 0 saturated carbocycles. The zero-order valence-electron chi connectivity index (χ0n) is 12.9. The topological polar surface area (TPSA) is 46.5 Å². The average Bonchev–Trinajstić information content (AvgIpc) is 2.52. The van der Waals surface area contributed by atoms with Crippen LogP contribution in [0.1, 0.15) is 11.1 Å². The number of halogens is 2. The highest BCUT2D eigenvalue weighted by Crippen LogP contribution is 2.12. The first-order valence-corrected chi connectivity index (χ1v) is 9.59. The molecule has 3 nitrogen and oxygen atoms in total. The summed E-state index contributed by atoms with van der Waals surface area (Å²) in [5.74, 6) is 0. The number of hydrogen-bond donors (Lipinski definition) is 0. The number of rotatable bonds is 5. The van der Waals surface area contributed by atoms with Gasteiger partial charge < -0.3 is 0 Å². The smallest absolute Gasteiger partial charge is 0.205 e. The highest BCUT2D eigenvalue weighted by atomic mass is 35.5. The third-order valence-corrected chi connectivity index (χ3v) is 3.95. The van der Waals surface area contributed by atoms with E-state index in [1.54, 1.807) is 48.6 Å². The molecular formula is C18H15Cl2NO2S. The molecule has 2 aromatic rings. The summed E-state index contributed by atoms with van der Waals surface area (Å²) >= 11 is 11.7. The first kappa shape index (κ1) is 18.5. The number of benzene rings is 2. The van der Waals surface area contributed by atoms with Gasteiger partial charge >= 0.3 is 0 Å².